The molecule has 22 heavy (non-hydrogen) atoms. The van der Waals surface area contributed by atoms with Crippen LogP contribution in [0.2, 0.25) is 0 Å². The molecule has 5 heteroatoms. The van der Waals surface area contributed by atoms with Crippen molar-refractivity contribution >= 4 is 5.97 Å². The van der Waals surface area contributed by atoms with Crippen LogP contribution in [0.15, 0.2) is 60.9 Å². The number of hydrogen-bond donors (Lipinski definition) is 1. The van der Waals surface area contributed by atoms with Crippen molar-refractivity contribution < 1.29 is 14.6 Å². The molecule has 0 saturated carbocycles. The second-order valence-corrected chi connectivity index (χ2v) is 4.76. The highest BCUT2D eigenvalue weighted by Gasteiger charge is 2.07. The molecule has 0 aliphatic heterocycles. The SMILES string of the molecule is COc1cccc(-c2cnn(-c3cccc(C(=O)O)c3)c2)c1. The fourth-order valence-electron chi connectivity index (χ4n) is 2.20. The zero-order valence-electron chi connectivity index (χ0n) is 11.9. The molecule has 5 nitrogen and oxygen atoms in total. The van der Waals surface area contributed by atoms with Gasteiger partial charge in [0.1, 0.15) is 5.75 Å². The summed E-state index contributed by atoms with van der Waals surface area (Å²) in [6.07, 6.45) is 3.60. The van der Waals surface area contributed by atoms with Gasteiger partial charge in [-0.15, -0.1) is 0 Å². The average molecular weight is 294 g/mol. The largest absolute Gasteiger partial charge is 0.497 e. The van der Waals surface area contributed by atoms with Crippen LogP contribution in [0.3, 0.4) is 0 Å². The normalized spacial score (nSPS) is 10.4. The van der Waals surface area contributed by atoms with Crippen LogP contribution < -0.4 is 4.74 Å². The minimum absolute atomic E-state index is 0.232. The molecule has 110 valence electrons. The lowest BCUT2D eigenvalue weighted by Gasteiger charge is -2.03. The van der Waals surface area contributed by atoms with E-state index in [1.54, 1.807) is 36.2 Å². The number of aromatic nitrogens is 2. The smallest absolute Gasteiger partial charge is 0.335 e. The first kappa shape index (κ1) is 13.9. The molecule has 0 saturated heterocycles. The highest BCUT2D eigenvalue weighted by molar-refractivity contribution is 5.88. The van der Waals surface area contributed by atoms with E-state index >= 15 is 0 Å². The van der Waals surface area contributed by atoms with Gasteiger partial charge in [-0.3, -0.25) is 0 Å². The average Bonchev–Trinajstić information content (AvgIpc) is 3.05. The van der Waals surface area contributed by atoms with Crippen molar-refractivity contribution in [3.05, 3.63) is 66.5 Å². The topological polar surface area (TPSA) is 64.4 Å². The van der Waals surface area contributed by atoms with Gasteiger partial charge >= 0.3 is 5.97 Å². The van der Waals surface area contributed by atoms with Crippen LogP contribution in [0.1, 0.15) is 10.4 Å². The summed E-state index contributed by atoms with van der Waals surface area (Å²) >= 11 is 0. The lowest BCUT2D eigenvalue weighted by atomic mass is 10.1. The maximum Gasteiger partial charge on any atom is 0.335 e. The van der Waals surface area contributed by atoms with Gasteiger partial charge in [-0.25, -0.2) is 9.48 Å². The first-order valence-corrected chi connectivity index (χ1v) is 6.70. The highest BCUT2D eigenvalue weighted by Crippen LogP contribution is 2.24. The zero-order valence-corrected chi connectivity index (χ0v) is 11.9. The molecule has 2 aromatic carbocycles. The molecule has 0 amide bonds. The predicted octanol–water partition coefficient (Wildman–Crippen LogP) is 3.25. The second-order valence-electron chi connectivity index (χ2n) is 4.76. The number of carboxylic acids is 1. The van der Waals surface area contributed by atoms with Gasteiger partial charge in [0.15, 0.2) is 0 Å². The summed E-state index contributed by atoms with van der Waals surface area (Å²) in [4.78, 5) is 11.0. The number of rotatable bonds is 4. The number of methoxy groups -OCH3 is 1. The maximum atomic E-state index is 11.0. The molecule has 0 aliphatic rings. The molecule has 0 unspecified atom stereocenters. The fourth-order valence-corrected chi connectivity index (χ4v) is 2.20. The van der Waals surface area contributed by atoms with E-state index in [-0.39, 0.29) is 5.56 Å². The zero-order chi connectivity index (χ0) is 15.5. The molecule has 0 atom stereocenters. The van der Waals surface area contributed by atoms with E-state index in [0.717, 1.165) is 16.9 Å². The Labute approximate surface area is 127 Å². The fraction of sp³-hybridized carbons (Fsp3) is 0.0588. The number of ether oxygens (including phenoxy) is 1. The van der Waals surface area contributed by atoms with Gasteiger partial charge in [-0.1, -0.05) is 18.2 Å². The lowest BCUT2D eigenvalue weighted by molar-refractivity contribution is 0.0697. The summed E-state index contributed by atoms with van der Waals surface area (Å²) in [5.41, 5.74) is 2.85. The Morgan fingerprint density at radius 1 is 1.14 bits per heavy atom. The first-order chi connectivity index (χ1) is 10.7. The number of nitrogens with zero attached hydrogens (tertiary/aromatic N) is 2. The van der Waals surface area contributed by atoms with E-state index in [1.807, 2.05) is 36.5 Å². The first-order valence-electron chi connectivity index (χ1n) is 6.70. The van der Waals surface area contributed by atoms with Crippen molar-refractivity contribution in [2.75, 3.05) is 7.11 Å². The number of carboxylic acid groups (broad SMARTS) is 1. The summed E-state index contributed by atoms with van der Waals surface area (Å²) in [5, 5.41) is 13.4. The Bertz CT molecular complexity index is 824. The number of aromatic carboxylic acids is 1. The van der Waals surface area contributed by atoms with Crippen LogP contribution in [0.4, 0.5) is 0 Å². The van der Waals surface area contributed by atoms with Crippen LogP contribution in [-0.2, 0) is 0 Å². The third-order valence-corrected chi connectivity index (χ3v) is 3.34. The quantitative estimate of drug-likeness (QED) is 0.802. The van der Waals surface area contributed by atoms with E-state index in [0.29, 0.717) is 5.69 Å². The van der Waals surface area contributed by atoms with E-state index < -0.39 is 5.97 Å². The third-order valence-electron chi connectivity index (χ3n) is 3.34. The lowest BCUT2D eigenvalue weighted by Crippen LogP contribution is -1.99. The molecule has 0 radical (unpaired) electrons. The van der Waals surface area contributed by atoms with E-state index in [9.17, 15) is 4.79 Å². The molecule has 0 fully saturated rings. The molecule has 0 bridgehead atoms. The molecule has 1 heterocycles. The summed E-state index contributed by atoms with van der Waals surface area (Å²) in [6.45, 7) is 0. The monoisotopic (exact) mass is 294 g/mol. The van der Waals surface area contributed by atoms with Gasteiger partial charge in [-0.05, 0) is 35.9 Å². The highest BCUT2D eigenvalue weighted by atomic mass is 16.5. The van der Waals surface area contributed by atoms with Gasteiger partial charge < -0.3 is 9.84 Å². The van der Waals surface area contributed by atoms with E-state index in [4.69, 9.17) is 9.84 Å². The second kappa shape index (κ2) is 5.73. The van der Waals surface area contributed by atoms with Crippen LogP contribution >= 0.6 is 0 Å². The number of benzene rings is 2. The van der Waals surface area contributed by atoms with Crippen molar-refractivity contribution in [3.63, 3.8) is 0 Å². The summed E-state index contributed by atoms with van der Waals surface area (Å²) < 4.78 is 6.87. The van der Waals surface area contributed by atoms with Gasteiger partial charge in [0.25, 0.3) is 0 Å². The molecule has 1 N–H and O–H groups in total. The van der Waals surface area contributed by atoms with E-state index in [2.05, 4.69) is 5.10 Å². The summed E-state index contributed by atoms with van der Waals surface area (Å²) in [6, 6.07) is 14.3. The van der Waals surface area contributed by atoms with Gasteiger partial charge in [0.05, 0.1) is 24.6 Å². The number of carbonyl (C=O) groups is 1. The number of hydrogen-bond acceptors (Lipinski definition) is 3. The minimum atomic E-state index is -0.956. The van der Waals surface area contributed by atoms with Crippen LogP contribution in [0.25, 0.3) is 16.8 Å². The Balaban J connectivity index is 1.96. The predicted molar refractivity (Wildman–Crippen MR) is 82.5 cm³/mol. The molecule has 0 aliphatic carbocycles. The minimum Gasteiger partial charge on any atom is -0.497 e. The Hall–Kier alpha value is -3.08. The van der Waals surface area contributed by atoms with Crippen molar-refractivity contribution in [1.29, 1.82) is 0 Å². The van der Waals surface area contributed by atoms with Crippen molar-refractivity contribution in [2.24, 2.45) is 0 Å². The maximum absolute atomic E-state index is 11.0. The molecule has 3 aromatic rings. The van der Waals surface area contributed by atoms with Crippen molar-refractivity contribution in [3.8, 4) is 22.6 Å². The Morgan fingerprint density at radius 3 is 2.73 bits per heavy atom. The Kier molecular flexibility index (Phi) is 3.62. The molecular weight excluding hydrogens is 280 g/mol. The van der Waals surface area contributed by atoms with Crippen molar-refractivity contribution in [2.45, 2.75) is 0 Å². The third kappa shape index (κ3) is 2.69. The summed E-state index contributed by atoms with van der Waals surface area (Å²) in [7, 11) is 1.62. The van der Waals surface area contributed by atoms with Gasteiger partial charge in [0.2, 0.25) is 0 Å². The van der Waals surface area contributed by atoms with Gasteiger partial charge in [-0.2, -0.15) is 5.10 Å². The molecule has 0 spiro atoms. The van der Waals surface area contributed by atoms with E-state index in [1.165, 1.54) is 0 Å². The standard InChI is InChI=1S/C17H14N2O3/c1-22-16-7-3-4-12(9-16)14-10-18-19(11-14)15-6-2-5-13(8-15)17(20)21/h2-11H,1H3,(H,20,21). The Morgan fingerprint density at radius 2 is 1.95 bits per heavy atom. The van der Waals surface area contributed by atoms with Crippen molar-refractivity contribution in [1.82, 2.24) is 9.78 Å². The van der Waals surface area contributed by atoms with Crippen LogP contribution in [0, 0.1) is 0 Å². The van der Waals surface area contributed by atoms with Crippen LogP contribution in [-0.4, -0.2) is 28.0 Å². The molecule has 1 aromatic heterocycles. The molecular formula is C17H14N2O3. The molecule has 3 rings (SSSR count). The van der Waals surface area contributed by atoms with Gasteiger partial charge in [0, 0.05) is 11.8 Å². The summed E-state index contributed by atoms with van der Waals surface area (Å²) in [5.74, 6) is -0.180. The van der Waals surface area contributed by atoms with Crippen LogP contribution in [0.5, 0.6) is 5.75 Å².